The zero-order valence-electron chi connectivity index (χ0n) is 10.1. The van der Waals surface area contributed by atoms with E-state index in [-0.39, 0.29) is 12.2 Å². The maximum absolute atomic E-state index is 12.9. The van der Waals surface area contributed by atoms with Gasteiger partial charge in [0.1, 0.15) is 10.9 Å². The van der Waals surface area contributed by atoms with E-state index in [1.807, 2.05) is 6.07 Å². The van der Waals surface area contributed by atoms with E-state index in [4.69, 9.17) is 4.74 Å². The van der Waals surface area contributed by atoms with Crippen molar-refractivity contribution in [1.82, 2.24) is 0 Å². The van der Waals surface area contributed by atoms with Gasteiger partial charge in [-0.25, -0.2) is 8.42 Å². The second-order valence-electron chi connectivity index (χ2n) is 5.70. The number of benzene rings is 1. The average Bonchev–Trinajstić information content (AvgIpc) is 3.21. The largest absolute Gasteiger partial charge is 0.368 e. The molecule has 2 saturated carbocycles. The van der Waals surface area contributed by atoms with Crippen molar-refractivity contribution in [1.29, 1.82) is 0 Å². The van der Waals surface area contributed by atoms with Gasteiger partial charge in [0.25, 0.3) is 0 Å². The Morgan fingerprint density at radius 2 is 1.94 bits per heavy atom. The van der Waals surface area contributed by atoms with E-state index in [9.17, 15) is 8.42 Å². The van der Waals surface area contributed by atoms with Crippen molar-refractivity contribution in [2.24, 2.45) is 5.92 Å². The van der Waals surface area contributed by atoms with Crippen LogP contribution in [-0.4, -0.2) is 25.4 Å². The second kappa shape index (κ2) is 3.36. The van der Waals surface area contributed by atoms with Crippen LogP contribution < -0.4 is 0 Å². The smallest absolute Gasteiger partial charge is 0.187 e. The summed E-state index contributed by atoms with van der Waals surface area (Å²) in [6, 6.07) is 8.86. The summed E-state index contributed by atoms with van der Waals surface area (Å²) in [7, 11) is -3.24. The Morgan fingerprint density at radius 1 is 1.17 bits per heavy atom. The Kier molecular flexibility index (Phi) is 2.06. The van der Waals surface area contributed by atoms with E-state index >= 15 is 0 Å². The summed E-state index contributed by atoms with van der Waals surface area (Å²) in [6.07, 6.45) is 4.16. The highest BCUT2D eigenvalue weighted by Gasteiger charge is 2.75. The van der Waals surface area contributed by atoms with Crippen molar-refractivity contribution in [2.75, 3.05) is 0 Å². The van der Waals surface area contributed by atoms with Crippen LogP contribution >= 0.6 is 0 Å². The van der Waals surface area contributed by atoms with Crippen LogP contribution in [0.25, 0.3) is 0 Å². The van der Waals surface area contributed by atoms with Crippen LogP contribution in [0.15, 0.2) is 35.2 Å². The molecule has 0 aromatic heterocycles. The third-order valence-corrected chi connectivity index (χ3v) is 7.38. The predicted octanol–water partition coefficient (Wildman–Crippen LogP) is 2.17. The molecule has 1 saturated heterocycles. The van der Waals surface area contributed by atoms with Gasteiger partial charge in [0.2, 0.25) is 0 Å². The van der Waals surface area contributed by atoms with Gasteiger partial charge < -0.3 is 4.74 Å². The van der Waals surface area contributed by atoms with Crippen molar-refractivity contribution in [3.63, 3.8) is 0 Å². The number of epoxide rings is 1. The number of ether oxygens (including phenoxy) is 1. The molecule has 0 amide bonds. The summed E-state index contributed by atoms with van der Waals surface area (Å²) >= 11 is 0. The maximum atomic E-state index is 12.9. The minimum absolute atomic E-state index is 0.0322. The lowest BCUT2D eigenvalue weighted by Crippen LogP contribution is -2.32. The van der Waals surface area contributed by atoms with Crippen LogP contribution in [-0.2, 0) is 14.6 Å². The van der Waals surface area contributed by atoms with Gasteiger partial charge in [0.05, 0.1) is 11.0 Å². The topological polar surface area (TPSA) is 46.7 Å². The molecular weight excluding hydrogens is 248 g/mol. The van der Waals surface area contributed by atoms with Crippen LogP contribution in [0.2, 0.25) is 0 Å². The minimum atomic E-state index is -3.24. The first-order chi connectivity index (χ1) is 8.66. The fourth-order valence-corrected chi connectivity index (χ4v) is 6.12. The fraction of sp³-hybridized carbons (Fsp3) is 0.571. The van der Waals surface area contributed by atoms with Gasteiger partial charge >= 0.3 is 0 Å². The van der Waals surface area contributed by atoms with Gasteiger partial charge in [0, 0.05) is 0 Å². The monoisotopic (exact) mass is 264 g/mol. The van der Waals surface area contributed by atoms with Crippen LogP contribution in [0.5, 0.6) is 0 Å². The Balaban J connectivity index is 1.79. The molecule has 0 spiro atoms. The Bertz CT molecular complexity index is 580. The van der Waals surface area contributed by atoms with Gasteiger partial charge in [-0.1, -0.05) is 24.6 Å². The molecule has 1 aliphatic heterocycles. The van der Waals surface area contributed by atoms with Crippen molar-refractivity contribution < 1.29 is 13.2 Å². The first-order valence-electron chi connectivity index (χ1n) is 6.61. The molecule has 4 atom stereocenters. The summed E-state index contributed by atoms with van der Waals surface area (Å²) in [5.74, 6) is 0.320. The lowest BCUT2D eigenvalue weighted by molar-refractivity contribution is 0.331. The molecule has 1 aromatic carbocycles. The van der Waals surface area contributed by atoms with Crippen molar-refractivity contribution in [2.45, 2.75) is 47.5 Å². The number of rotatable bonds is 2. The zero-order valence-corrected chi connectivity index (χ0v) is 10.9. The van der Waals surface area contributed by atoms with E-state index in [2.05, 4.69) is 0 Å². The first kappa shape index (κ1) is 11.0. The van der Waals surface area contributed by atoms with Gasteiger partial charge in [-0.3, -0.25) is 0 Å². The molecule has 1 heterocycles. The molecule has 2 aliphatic carbocycles. The first-order valence-corrected chi connectivity index (χ1v) is 8.10. The lowest BCUT2D eigenvalue weighted by Gasteiger charge is -2.15. The highest BCUT2D eigenvalue weighted by molar-refractivity contribution is 7.93. The Morgan fingerprint density at radius 3 is 2.72 bits per heavy atom. The predicted molar refractivity (Wildman–Crippen MR) is 67.0 cm³/mol. The van der Waals surface area contributed by atoms with Gasteiger partial charge in [-0.2, -0.15) is 0 Å². The summed E-state index contributed by atoms with van der Waals surface area (Å²) < 4.78 is 30.8. The number of sulfone groups is 1. The van der Waals surface area contributed by atoms with Crippen LogP contribution in [0, 0.1) is 5.92 Å². The van der Waals surface area contributed by atoms with E-state index in [0.717, 1.165) is 25.7 Å². The van der Waals surface area contributed by atoms with E-state index in [1.165, 1.54) is 0 Å². The van der Waals surface area contributed by atoms with Crippen molar-refractivity contribution >= 4 is 9.84 Å². The molecule has 3 nitrogen and oxygen atoms in total. The Labute approximate surface area is 107 Å². The Hall–Kier alpha value is -0.870. The molecule has 96 valence electrons. The number of hydrogen-bond donors (Lipinski definition) is 0. The second-order valence-corrected chi connectivity index (χ2v) is 7.94. The van der Waals surface area contributed by atoms with Crippen LogP contribution in [0.4, 0.5) is 0 Å². The molecule has 3 aliphatic rings. The summed E-state index contributed by atoms with van der Waals surface area (Å²) in [4.78, 5) is 0.462. The molecule has 0 N–H and O–H groups in total. The standard InChI is InChI=1S/C14H16O3S/c15-18(16,11-6-2-1-3-7-11)14-9-10(14)5-4-8-12-13(14)17-12/h1-3,6-7,10,12-13H,4-5,8-9H2/t10-,12-,13-,14-/m0/s1. The van der Waals surface area contributed by atoms with Crippen LogP contribution in [0.1, 0.15) is 25.7 Å². The van der Waals surface area contributed by atoms with Crippen LogP contribution in [0.3, 0.4) is 0 Å². The zero-order chi connectivity index (χ0) is 12.4. The number of fused-ring (bicyclic) bond motifs is 3. The highest BCUT2D eigenvalue weighted by Crippen LogP contribution is 2.64. The van der Waals surface area contributed by atoms with Gasteiger partial charge in [0.15, 0.2) is 9.84 Å². The normalized spacial score (nSPS) is 41.4. The summed E-state index contributed by atoms with van der Waals surface area (Å²) in [6.45, 7) is 0. The minimum Gasteiger partial charge on any atom is -0.368 e. The highest BCUT2D eigenvalue weighted by atomic mass is 32.2. The SMILES string of the molecule is O=S(=O)(c1ccccc1)[C@@]12C[C@@H]1CCC[C@@H]1O[C@@H]12. The molecule has 3 fully saturated rings. The third kappa shape index (κ3) is 1.25. The summed E-state index contributed by atoms with van der Waals surface area (Å²) in [5, 5.41) is 0. The van der Waals surface area contributed by atoms with Crippen molar-refractivity contribution in [3.8, 4) is 0 Å². The fourth-order valence-electron chi connectivity index (χ4n) is 3.68. The van der Waals surface area contributed by atoms with E-state index in [0.29, 0.717) is 10.8 Å². The average molecular weight is 264 g/mol. The van der Waals surface area contributed by atoms with Gasteiger partial charge in [-0.15, -0.1) is 0 Å². The van der Waals surface area contributed by atoms with Crippen molar-refractivity contribution in [3.05, 3.63) is 30.3 Å². The molecular formula is C14H16O3S. The molecule has 4 heteroatoms. The molecule has 0 radical (unpaired) electrons. The van der Waals surface area contributed by atoms with E-state index in [1.54, 1.807) is 24.3 Å². The maximum Gasteiger partial charge on any atom is 0.187 e. The summed E-state index contributed by atoms with van der Waals surface area (Å²) in [5.41, 5.74) is 0. The van der Waals surface area contributed by atoms with Gasteiger partial charge in [-0.05, 0) is 37.3 Å². The quantitative estimate of drug-likeness (QED) is 0.769. The molecule has 0 bridgehead atoms. The molecule has 4 rings (SSSR count). The molecule has 1 aromatic rings. The molecule has 0 unspecified atom stereocenters. The number of hydrogen-bond acceptors (Lipinski definition) is 3. The molecule has 18 heavy (non-hydrogen) atoms. The lowest BCUT2D eigenvalue weighted by atomic mass is 10.2. The third-order valence-electron chi connectivity index (χ3n) is 4.76. The van der Waals surface area contributed by atoms with E-state index < -0.39 is 14.6 Å².